The van der Waals surface area contributed by atoms with E-state index in [2.05, 4.69) is 27.4 Å². The summed E-state index contributed by atoms with van der Waals surface area (Å²) >= 11 is 6.28. The molecule has 0 saturated carbocycles. The molecule has 1 saturated heterocycles. The zero-order chi connectivity index (χ0) is 26.4. The van der Waals surface area contributed by atoms with Gasteiger partial charge >= 0.3 is 0 Å². The SMILES string of the molecule is CCc1nccn1CCOc1cc(CN2CCC[C@@](O)(COc3cc(C)c(Cl)c(C)c3)C2)ccc1OC. The lowest BCUT2D eigenvalue weighted by Gasteiger charge is -2.39. The quantitative estimate of drug-likeness (QED) is 0.369. The molecule has 1 aliphatic rings. The van der Waals surface area contributed by atoms with Crippen LogP contribution in [0.25, 0.3) is 0 Å². The number of halogens is 1. The predicted octanol–water partition coefficient (Wildman–Crippen LogP) is 5.21. The van der Waals surface area contributed by atoms with E-state index in [1.807, 2.05) is 50.5 Å². The van der Waals surface area contributed by atoms with Gasteiger partial charge in [-0.15, -0.1) is 0 Å². The van der Waals surface area contributed by atoms with Gasteiger partial charge in [0.15, 0.2) is 11.5 Å². The fourth-order valence-electron chi connectivity index (χ4n) is 4.97. The van der Waals surface area contributed by atoms with Crippen LogP contribution in [0.4, 0.5) is 0 Å². The second kappa shape index (κ2) is 12.2. The number of likely N-dealkylation sites (tertiary alicyclic amines) is 1. The van der Waals surface area contributed by atoms with E-state index in [1.54, 1.807) is 7.11 Å². The number of ether oxygens (including phenoxy) is 3. The molecule has 1 aliphatic heterocycles. The molecule has 0 radical (unpaired) electrons. The first-order valence-electron chi connectivity index (χ1n) is 12.9. The van der Waals surface area contributed by atoms with Gasteiger partial charge in [0.05, 0.1) is 13.7 Å². The maximum atomic E-state index is 11.3. The molecule has 0 bridgehead atoms. The molecule has 8 heteroatoms. The van der Waals surface area contributed by atoms with Crippen LogP contribution < -0.4 is 14.2 Å². The highest BCUT2D eigenvalue weighted by atomic mass is 35.5. The molecule has 1 N–H and O–H groups in total. The number of β-amino-alcohol motifs (C(OH)–C–C–N with tert-alkyl or cyclic N) is 1. The number of methoxy groups -OCH3 is 1. The molecular weight excluding hydrogens is 490 g/mol. The number of imidazole rings is 1. The molecule has 37 heavy (non-hydrogen) atoms. The lowest BCUT2D eigenvalue weighted by Crippen LogP contribution is -2.51. The van der Waals surface area contributed by atoms with Gasteiger partial charge in [0.1, 0.15) is 30.4 Å². The number of aliphatic hydroxyl groups is 1. The normalized spacial score (nSPS) is 18.1. The Morgan fingerprint density at radius 2 is 1.89 bits per heavy atom. The van der Waals surface area contributed by atoms with Crippen molar-refractivity contribution >= 4 is 11.6 Å². The third-order valence-electron chi connectivity index (χ3n) is 6.89. The first-order chi connectivity index (χ1) is 17.8. The van der Waals surface area contributed by atoms with Crippen molar-refractivity contribution in [3.05, 3.63) is 70.3 Å². The molecule has 1 fully saturated rings. The molecule has 2 aromatic carbocycles. The van der Waals surface area contributed by atoms with Gasteiger partial charge in [0.25, 0.3) is 0 Å². The van der Waals surface area contributed by atoms with E-state index in [9.17, 15) is 5.11 Å². The fraction of sp³-hybridized carbons (Fsp3) is 0.483. The number of hydrogen-bond acceptors (Lipinski definition) is 6. The van der Waals surface area contributed by atoms with Crippen LogP contribution in [0.15, 0.2) is 42.7 Å². The summed E-state index contributed by atoms with van der Waals surface area (Å²) in [5.74, 6) is 3.22. The number of aromatic nitrogens is 2. The third-order valence-corrected chi connectivity index (χ3v) is 7.49. The summed E-state index contributed by atoms with van der Waals surface area (Å²) in [5, 5.41) is 12.1. The minimum atomic E-state index is -0.909. The van der Waals surface area contributed by atoms with E-state index in [1.165, 1.54) is 0 Å². The van der Waals surface area contributed by atoms with Gasteiger partial charge in [-0.2, -0.15) is 0 Å². The molecule has 0 amide bonds. The van der Waals surface area contributed by atoms with Gasteiger partial charge < -0.3 is 23.9 Å². The molecule has 2 heterocycles. The Morgan fingerprint density at radius 3 is 2.62 bits per heavy atom. The van der Waals surface area contributed by atoms with Crippen LogP contribution in [0.5, 0.6) is 17.2 Å². The summed E-state index contributed by atoms with van der Waals surface area (Å²) < 4.78 is 19.8. The largest absolute Gasteiger partial charge is 0.493 e. The Labute approximate surface area is 224 Å². The van der Waals surface area contributed by atoms with E-state index >= 15 is 0 Å². The lowest BCUT2D eigenvalue weighted by molar-refractivity contribution is -0.0621. The minimum Gasteiger partial charge on any atom is -0.493 e. The van der Waals surface area contributed by atoms with E-state index in [-0.39, 0.29) is 6.61 Å². The van der Waals surface area contributed by atoms with Gasteiger partial charge in [0, 0.05) is 36.9 Å². The van der Waals surface area contributed by atoms with E-state index in [0.29, 0.717) is 31.9 Å². The van der Waals surface area contributed by atoms with Crippen molar-refractivity contribution in [1.29, 1.82) is 0 Å². The number of piperidine rings is 1. The zero-order valence-electron chi connectivity index (χ0n) is 22.3. The first kappa shape index (κ1) is 27.3. The van der Waals surface area contributed by atoms with Crippen LogP contribution in [-0.2, 0) is 19.5 Å². The monoisotopic (exact) mass is 527 g/mol. The first-order valence-corrected chi connectivity index (χ1v) is 13.3. The molecule has 1 aromatic heterocycles. The smallest absolute Gasteiger partial charge is 0.161 e. The van der Waals surface area contributed by atoms with E-state index < -0.39 is 5.60 Å². The van der Waals surface area contributed by atoms with Crippen LogP contribution in [0.1, 0.15) is 42.3 Å². The van der Waals surface area contributed by atoms with Crippen LogP contribution in [0.2, 0.25) is 5.02 Å². The molecule has 200 valence electrons. The molecule has 4 rings (SSSR count). The van der Waals surface area contributed by atoms with Gasteiger partial charge in [-0.05, 0) is 74.2 Å². The molecule has 7 nitrogen and oxygen atoms in total. The van der Waals surface area contributed by atoms with Crippen molar-refractivity contribution in [2.24, 2.45) is 0 Å². The summed E-state index contributed by atoms with van der Waals surface area (Å²) in [5.41, 5.74) is 2.15. The molecule has 0 aliphatic carbocycles. The van der Waals surface area contributed by atoms with Crippen molar-refractivity contribution in [2.75, 3.05) is 33.4 Å². The predicted molar refractivity (Wildman–Crippen MR) is 146 cm³/mol. The van der Waals surface area contributed by atoms with Crippen molar-refractivity contribution in [3.63, 3.8) is 0 Å². The summed E-state index contributed by atoms with van der Waals surface area (Å²) in [6.45, 7) is 9.69. The highest BCUT2D eigenvalue weighted by Crippen LogP contribution is 2.31. The minimum absolute atomic E-state index is 0.245. The number of rotatable bonds is 11. The Morgan fingerprint density at radius 1 is 1.11 bits per heavy atom. The van der Waals surface area contributed by atoms with Crippen LogP contribution in [0.3, 0.4) is 0 Å². The second-order valence-corrected chi connectivity index (χ2v) is 10.3. The summed E-state index contributed by atoms with van der Waals surface area (Å²) in [6.07, 6.45) is 6.30. The zero-order valence-corrected chi connectivity index (χ0v) is 23.1. The Kier molecular flexibility index (Phi) is 9.00. The summed E-state index contributed by atoms with van der Waals surface area (Å²) in [7, 11) is 1.65. The van der Waals surface area contributed by atoms with E-state index in [4.69, 9.17) is 25.8 Å². The van der Waals surface area contributed by atoms with Gasteiger partial charge in [-0.1, -0.05) is 24.6 Å². The van der Waals surface area contributed by atoms with Crippen molar-refractivity contribution < 1.29 is 19.3 Å². The van der Waals surface area contributed by atoms with Crippen LogP contribution in [0, 0.1) is 13.8 Å². The van der Waals surface area contributed by atoms with E-state index in [0.717, 1.165) is 65.0 Å². The average Bonchev–Trinajstić information content (AvgIpc) is 3.34. The van der Waals surface area contributed by atoms with Crippen molar-refractivity contribution in [1.82, 2.24) is 14.5 Å². The molecular formula is C29H38ClN3O4. The Hall–Kier alpha value is -2.74. The standard InChI is InChI=1S/C29H38ClN3O4/c1-5-27-31-10-12-33(27)13-14-36-26-17-23(7-8-25(26)35-4)18-32-11-6-9-29(34,19-32)20-37-24-15-21(2)28(30)22(3)16-24/h7-8,10,12,15-17,34H,5-6,9,11,13-14,18-20H2,1-4H3/t29-/m0/s1. The maximum Gasteiger partial charge on any atom is 0.161 e. The fourth-order valence-corrected chi connectivity index (χ4v) is 5.08. The molecule has 3 aromatic rings. The number of benzene rings is 2. The van der Waals surface area contributed by atoms with Crippen LogP contribution in [-0.4, -0.2) is 58.6 Å². The number of nitrogens with zero attached hydrogens (tertiary/aromatic N) is 3. The topological polar surface area (TPSA) is 69.0 Å². The van der Waals surface area contributed by atoms with Gasteiger partial charge in [-0.3, -0.25) is 4.90 Å². The Balaban J connectivity index is 1.36. The average molecular weight is 528 g/mol. The molecule has 0 spiro atoms. The molecule has 0 unspecified atom stereocenters. The highest BCUT2D eigenvalue weighted by Gasteiger charge is 2.34. The highest BCUT2D eigenvalue weighted by molar-refractivity contribution is 6.32. The second-order valence-electron chi connectivity index (χ2n) is 9.92. The van der Waals surface area contributed by atoms with Crippen LogP contribution >= 0.6 is 11.6 Å². The van der Waals surface area contributed by atoms with Gasteiger partial charge in [0.2, 0.25) is 0 Å². The summed E-state index contributed by atoms with van der Waals surface area (Å²) in [6, 6.07) is 9.89. The number of hydrogen-bond donors (Lipinski definition) is 1. The van der Waals surface area contributed by atoms with Crippen molar-refractivity contribution in [3.8, 4) is 17.2 Å². The maximum absolute atomic E-state index is 11.3. The third kappa shape index (κ3) is 6.98. The lowest BCUT2D eigenvalue weighted by atomic mass is 9.93. The Bertz CT molecular complexity index is 1170. The van der Waals surface area contributed by atoms with Gasteiger partial charge in [-0.25, -0.2) is 4.98 Å². The summed E-state index contributed by atoms with van der Waals surface area (Å²) in [4.78, 5) is 6.64. The number of aryl methyl sites for hydroxylation is 3. The van der Waals surface area contributed by atoms with Crippen molar-refractivity contribution in [2.45, 2.75) is 58.7 Å². The molecule has 1 atom stereocenters.